The summed E-state index contributed by atoms with van der Waals surface area (Å²) in [4.78, 5) is 39.2. The Balaban J connectivity index is 1.75. The first-order chi connectivity index (χ1) is 13.8. The van der Waals surface area contributed by atoms with Crippen LogP contribution in [0.3, 0.4) is 0 Å². The van der Waals surface area contributed by atoms with Crippen molar-refractivity contribution in [1.29, 1.82) is 0 Å². The lowest BCUT2D eigenvalue weighted by atomic mass is 10.2. The summed E-state index contributed by atoms with van der Waals surface area (Å²) in [5, 5.41) is 13.8. The number of hydrogen-bond acceptors (Lipinski definition) is 4. The van der Waals surface area contributed by atoms with Gasteiger partial charge in [-0.25, -0.2) is 18.6 Å². The number of nitrogens with one attached hydrogen (secondary N) is 2. The Morgan fingerprint density at radius 2 is 1.69 bits per heavy atom. The number of nitrogens with zero attached hydrogens (tertiary/aromatic N) is 2. The number of amides is 2. The highest BCUT2D eigenvalue weighted by atomic mass is 19.1. The third-order valence-electron chi connectivity index (χ3n) is 3.94. The molecule has 0 aliphatic heterocycles. The maximum atomic E-state index is 14.3. The van der Waals surface area contributed by atoms with Crippen molar-refractivity contribution in [3.05, 3.63) is 77.4 Å². The maximum Gasteiger partial charge on any atom is 0.356 e. The zero-order valence-electron chi connectivity index (χ0n) is 14.9. The number of anilines is 2. The fourth-order valence-corrected chi connectivity index (χ4v) is 2.53. The number of carboxylic acid groups (broad SMARTS) is 1. The number of aromatic carboxylic acids is 1. The van der Waals surface area contributed by atoms with Crippen LogP contribution >= 0.6 is 0 Å². The van der Waals surface area contributed by atoms with E-state index in [2.05, 4.69) is 15.6 Å². The van der Waals surface area contributed by atoms with Crippen LogP contribution in [0.5, 0.6) is 0 Å². The van der Waals surface area contributed by atoms with Gasteiger partial charge in [-0.1, -0.05) is 0 Å². The first kappa shape index (κ1) is 19.7. The number of imidazole rings is 1. The topological polar surface area (TPSA) is 113 Å². The standard InChI is InChI=1S/C19H14F2N4O4/c1-25-9-22-15(19(28)29)16(25)18(27)23-12-6-7-14(13(21)8-12)24-17(26)10-2-4-11(20)5-3-10/h2-9H,1H3,(H,23,27)(H,24,26)(H,28,29). The minimum atomic E-state index is -1.37. The molecular weight excluding hydrogens is 386 g/mol. The lowest BCUT2D eigenvalue weighted by molar-refractivity contribution is 0.0686. The van der Waals surface area contributed by atoms with Crippen molar-refractivity contribution in [1.82, 2.24) is 9.55 Å². The van der Waals surface area contributed by atoms with Gasteiger partial charge in [-0.05, 0) is 42.5 Å². The molecule has 0 spiro atoms. The zero-order valence-corrected chi connectivity index (χ0v) is 14.9. The Hall–Kier alpha value is -4.08. The molecule has 0 bridgehead atoms. The van der Waals surface area contributed by atoms with Gasteiger partial charge in [0.05, 0.1) is 12.0 Å². The van der Waals surface area contributed by atoms with Crippen LogP contribution in [-0.4, -0.2) is 32.4 Å². The van der Waals surface area contributed by atoms with Crippen LogP contribution < -0.4 is 10.6 Å². The number of hydrogen-bond donors (Lipinski definition) is 3. The molecule has 0 aliphatic rings. The summed E-state index contributed by atoms with van der Waals surface area (Å²) < 4.78 is 28.5. The van der Waals surface area contributed by atoms with Gasteiger partial charge in [0, 0.05) is 18.3 Å². The van der Waals surface area contributed by atoms with E-state index in [1.165, 1.54) is 42.2 Å². The van der Waals surface area contributed by atoms with Gasteiger partial charge in [-0.3, -0.25) is 9.59 Å². The van der Waals surface area contributed by atoms with Crippen LogP contribution in [0.25, 0.3) is 0 Å². The highest BCUT2D eigenvalue weighted by molar-refractivity contribution is 6.09. The van der Waals surface area contributed by atoms with Crippen molar-refractivity contribution in [2.24, 2.45) is 7.05 Å². The van der Waals surface area contributed by atoms with Crippen molar-refractivity contribution in [2.45, 2.75) is 0 Å². The van der Waals surface area contributed by atoms with Crippen LogP contribution in [0.2, 0.25) is 0 Å². The summed E-state index contributed by atoms with van der Waals surface area (Å²) >= 11 is 0. The molecule has 3 N–H and O–H groups in total. The van der Waals surface area contributed by atoms with Crippen LogP contribution in [0.4, 0.5) is 20.2 Å². The zero-order chi connectivity index (χ0) is 21.1. The largest absolute Gasteiger partial charge is 0.476 e. The molecule has 2 amide bonds. The number of rotatable bonds is 5. The summed E-state index contributed by atoms with van der Waals surface area (Å²) in [6, 6.07) is 8.25. The Morgan fingerprint density at radius 3 is 2.31 bits per heavy atom. The lowest BCUT2D eigenvalue weighted by Gasteiger charge is -2.10. The van der Waals surface area contributed by atoms with E-state index in [1.807, 2.05) is 0 Å². The fourth-order valence-electron chi connectivity index (χ4n) is 2.53. The molecule has 148 valence electrons. The minimum Gasteiger partial charge on any atom is -0.476 e. The van der Waals surface area contributed by atoms with E-state index in [0.29, 0.717) is 0 Å². The monoisotopic (exact) mass is 400 g/mol. The van der Waals surface area contributed by atoms with Gasteiger partial charge in [-0.2, -0.15) is 0 Å². The Kier molecular flexibility index (Phi) is 5.35. The SMILES string of the molecule is Cn1cnc(C(=O)O)c1C(=O)Nc1ccc(NC(=O)c2ccc(F)cc2)c(F)c1. The Labute approximate surface area is 162 Å². The van der Waals surface area contributed by atoms with Gasteiger partial charge in [0.25, 0.3) is 11.8 Å². The molecule has 0 aliphatic carbocycles. The van der Waals surface area contributed by atoms with Crippen LogP contribution in [0.15, 0.2) is 48.8 Å². The summed E-state index contributed by atoms with van der Waals surface area (Å²) in [6.45, 7) is 0. The second-order valence-electron chi connectivity index (χ2n) is 5.97. The normalized spacial score (nSPS) is 10.4. The van der Waals surface area contributed by atoms with Gasteiger partial charge in [0.15, 0.2) is 5.69 Å². The maximum absolute atomic E-state index is 14.3. The number of aromatic nitrogens is 2. The number of carbonyl (C=O) groups excluding carboxylic acids is 2. The smallest absolute Gasteiger partial charge is 0.356 e. The molecule has 8 nitrogen and oxygen atoms in total. The fraction of sp³-hybridized carbons (Fsp3) is 0.0526. The molecular formula is C19H14F2N4O4. The average molecular weight is 400 g/mol. The van der Waals surface area contributed by atoms with Crippen LogP contribution in [-0.2, 0) is 7.05 Å². The number of carbonyl (C=O) groups is 3. The van der Waals surface area contributed by atoms with Crippen molar-refractivity contribution < 1.29 is 28.3 Å². The van der Waals surface area contributed by atoms with Crippen LogP contribution in [0.1, 0.15) is 31.3 Å². The summed E-state index contributed by atoms with van der Waals surface area (Å²) in [5.41, 5.74) is -0.602. The molecule has 29 heavy (non-hydrogen) atoms. The van der Waals surface area contributed by atoms with Gasteiger partial charge < -0.3 is 20.3 Å². The van der Waals surface area contributed by atoms with Crippen LogP contribution in [0, 0.1) is 11.6 Å². The quantitative estimate of drug-likeness (QED) is 0.610. The molecule has 0 fully saturated rings. The van der Waals surface area contributed by atoms with E-state index in [0.717, 1.165) is 18.2 Å². The second kappa shape index (κ2) is 7.89. The summed E-state index contributed by atoms with van der Waals surface area (Å²) in [7, 11) is 1.45. The predicted octanol–water partition coefficient (Wildman–Crippen LogP) is 2.90. The molecule has 1 aromatic heterocycles. The summed E-state index contributed by atoms with van der Waals surface area (Å²) in [5.74, 6) is -4.14. The molecule has 0 unspecified atom stereocenters. The first-order valence-electron chi connectivity index (χ1n) is 8.18. The van der Waals surface area contributed by atoms with E-state index in [4.69, 9.17) is 5.11 Å². The Morgan fingerprint density at radius 1 is 1.00 bits per heavy atom. The van der Waals surface area contributed by atoms with Crippen molar-refractivity contribution in [3.63, 3.8) is 0 Å². The van der Waals surface area contributed by atoms with E-state index in [9.17, 15) is 23.2 Å². The van der Waals surface area contributed by atoms with Crippen molar-refractivity contribution in [2.75, 3.05) is 10.6 Å². The summed E-state index contributed by atoms with van der Waals surface area (Å²) in [6.07, 6.45) is 1.17. The number of carboxylic acids is 1. The molecule has 3 aromatic rings. The van der Waals surface area contributed by atoms with Crippen molar-refractivity contribution >= 4 is 29.2 Å². The van der Waals surface area contributed by atoms with E-state index < -0.39 is 35.1 Å². The molecule has 3 rings (SSSR count). The van der Waals surface area contributed by atoms with E-state index in [-0.39, 0.29) is 22.6 Å². The minimum absolute atomic E-state index is 0.0461. The lowest BCUT2D eigenvalue weighted by Crippen LogP contribution is -2.19. The highest BCUT2D eigenvalue weighted by Crippen LogP contribution is 2.21. The first-order valence-corrected chi connectivity index (χ1v) is 8.18. The number of halogens is 2. The third-order valence-corrected chi connectivity index (χ3v) is 3.94. The van der Waals surface area contributed by atoms with Gasteiger partial charge in [0.2, 0.25) is 0 Å². The van der Waals surface area contributed by atoms with Gasteiger partial charge >= 0.3 is 5.97 Å². The third kappa shape index (κ3) is 4.26. The van der Waals surface area contributed by atoms with Gasteiger partial charge in [-0.15, -0.1) is 0 Å². The molecule has 0 atom stereocenters. The number of benzene rings is 2. The molecule has 1 heterocycles. The molecule has 0 saturated heterocycles. The van der Waals surface area contributed by atoms with Crippen molar-refractivity contribution in [3.8, 4) is 0 Å². The van der Waals surface area contributed by atoms with Gasteiger partial charge in [0.1, 0.15) is 17.3 Å². The Bertz CT molecular complexity index is 1110. The highest BCUT2D eigenvalue weighted by Gasteiger charge is 2.22. The molecule has 0 saturated carbocycles. The van der Waals surface area contributed by atoms with E-state index >= 15 is 0 Å². The van der Waals surface area contributed by atoms with E-state index in [1.54, 1.807) is 0 Å². The molecule has 0 radical (unpaired) electrons. The molecule has 10 heteroatoms. The number of aryl methyl sites for hydroxylation is 1. The average Bonchev–Trinajstić information content (AvgIpc) is 3.06. The predicted molar refractivity (Wildman–Crippen MR) is 98.9 cm³/mol. The second-order valence-corrected chi connectivity index (χ2v) is 5.97. The molecule has 2 aromatic carbocycles.